The number of aromatic nitrogens is 1. The van der Waals surface area contributed by atoms with Gasteiger partial charge in [-0.2, -0.15) is 0 Å². The molecule has 5 nitrogen and oxygen atoms in total. The van der Waals surface area contributed by atoms with E-state index in [1.165, 1.54) is 30.5 Å². The van der Waals surface area contributed by atoms with Gasteiger partial charge in [0.25, 0.3) is 5.91 Å². The van der Waals surface area contributed by atoms with Crippen molar-refractivity contribution in [2.75, 3.05) is 5.32 Å². The van der Waals surface area contributed by atoms with Gasteiger partial charge in [-0.25, -0.2) is 4.98 Å². The van der Waals surface area contributed by atoms with Crippen LogP contribution in [0.15, 0.2) is 30.5 Å². The average molecular weight is 345 g/mol. The molecule has 3 N–H and O–H groups in total. The Hall–Kier alpha value is -1.82. The van der Waals surface area contributed by atoms with Crippen LogP contribution in [0, 0.1) is 0 Å². The van der Waals surface area contributed by atoms with Crippen molar-refractivity contribution < 1.29 is 9.59 Å². The number of primary amides is 1. The number of carbonyl (C=O) groups excluding carboxylic acids is 2. The van der Waals surface area contributed by atoms with Gasteiger partial charge in [-0.1, -0.05) is 34.8 Å². The van der Waals surface area contributed by atoms with Crippen molar-refractivity contribution in [1.29, 1.82) is 0 Å². The molecule has 21 heavy (non-hydrogen) atoms. The summed E-state index contributed by atoms with van der Waals surface area (Å²) in [5, 5.41) is 3.03. The van der Waals surface area contributed by atoms with Crippen LogP contribution in [0.4, 0.5) is 5.69 Å². The molecule has 8 heteroatoms. The van der Waals surface area contributed by atoms with Crippen LogP contribution in [0.1, 0.15) is 20.7 Å². The summed E-state index contributed by atoms with van der Waals surface area (Å²) in [6.45, 7) is 0. The van der Waals surface area contributed by atoms with Crippen molar-refractivity contribution in [3.05, 3.63) is 56.8 Å². The minimum absolute atomic E-state index is 0.138. The van der Waals surface area contributed by atoms with Crippen molar-refractivity contribution in [3.8, 4) is 0 Å². The zero-order chi connectivity index (χ0) is 15.6. The number of nitrogens with two attached hydrogens (primary N) is 1. The average Bonchev–Trinajstić information content (AvgIpc) is 2.41. The Balaban J connectivity index is 2.26. The number of pyridine rings is 1. The van der Waals surface area contributed by atoms with E-state index in [0.717, 1.165) is 0 Å². The standard InChI is InChI=1S/C13H8Cl3N3O2/c14-9-3-6(1-2-7(9)12(17)20)19-13(21)8-4-11(16)18-5-10(8)15/h1-5H,(H2,17,20)(H,19,21). The summed E-state index contributed by atoms with van der Waals surface area (Å²) in [6.07, 6.45) is 1.28. The fraction of sp³-hybridized carbons (Fsp3) is 0. The molecule has 0 aliphatic heterocycles. The van der Waals surface area contributed by atoms with Gasteiger partial charge in [0.1, 0.15) is 5.15 Å². The monoisotopic (exact) mass is 343 g/mol. The Morgan fingerprint density at radius 2 is 1.76 bits per heavy atom. The molecule has 0 saturated heterocycles. The molecule has 1 aromatic carbocycles. The number of carbonyl (C=O) groups is 2. The SMILES string of the molecule is NC(=O)c1ccc(NC(=O)c2cc(Cl)ncc2Cl)cc1Cl. The van der Waals surface area contributed by atoms with Gasteiger partial charge in [0, 0.05) is 11.9 Å². The number of nitrogens with one attached hydrogen (secondary N) is 1. The predicted octanol–water partition coefficient (Wildman–Crippen LogP) is 3.39. The zero-order valence-electron chi connectivity index (χ0n) is 10.4. The van der Waals surface area contributed by atoms with Crippen LogP contribution >= 0.6 is 34.8 Å². The molecule has 108 valence electrons. The first-order chi connectivity index (χ1) is 9.88. The van der Waals surface area contributed by atoms with Gasteiger partial charge in [0.15, 0.2) is 0 Å². The zero-order valence-corrected chi connectivity index (χ0v) is 12.6. The summed E-state index contributed by atoms with van der Waals surface area (Å²) in [6, 6.07) is 5.68. The number of anilines is 1. The topological polar surface area (TPSA) is 85.1 Å². The van der Waals surface area contributed by atoms with E-state index in [2.05, 4.69) is 10.3 Å². The van der Waals surface area contributed by atoms with Gasteiger partial charge >= 0.3 is 0 Å². The minimum atomic E-state index is -0.651. The third kappa shape index (κ3) is 3.64. The van der Waals surface area contributed by atoms with Gasteiger partial charge in [-0.3, -0.25) is 9.59 Å². The molecule has 2 amide bonds. The highest BCUT2D eigenvalue weighted by Crippen LogP contribution is 2.23. The summed E-state index contributed by atoms with van der Waals surface area (Å²) in [7, 11) is 0. The van der Waals surface area contributed by atoms with E-state index in [9.17, 15) is 9.59 Å². The van der Waals surface area contributed by atoms with Crippen LogP contribution < -0.4 is 11.1 Å². The van der Waals surface area contributed by atoms with Crippen LogP contribution in [0.25, 0.3) is 0 Å². The Labute approximate surface area is 135 Å². The van der Waals surface area contributed by atoms with Crippen LogP contribution in [0.5, 0.6) is 0 Å². The predicted molar refractivity (Wildman–Crippen MR) is 82.2 cm³/mol. The lowest BCUT2D eigenvalue weighted by Crippen LogP contribution is -2.14. The first-order valence-corrected chi connectivity index (χ1v) is 6.73. The Kier molecular flexibility index (Phi) is 4.67. The summed E-state index contributed by atoms with van der Waals surface area (Å²) in [5.41, 5.74) is 5.87. The fourth-order valence-electron chi connectivity index (χ4n) is 1.58. The van der Waals surface area contributed by atoms with Crippen molar-refractivity contribution in [1.82, 2.24) is 4.98 Å². The molecule has 0 aliphatic rings. The minimum Gasteiger partial charge on any atom is -0.366 e. The Bertz CT molecular complexity index is 735. The van der Waals surface area contributed by atoms with Crippen molar-refractivity contribution in [2.45, 2.75) is 0 Å². The second-order valence-electron chi connectivity index (χ2n) is 4.00. The maximum atomic E-state index is 12.1. The molecular formula is C13H8Cl3N3O2. The van der Waals surface area contributed by atoms with Gasteiger partial charge in [-0.15, -0.1) is 0 Å². The number of hydrogen-bond acceptors (Lipinski definition) is 3. The van der Waals surface area contributed by atoms with E-state index in [-0.39, 0.29) is 26.3 Å². The van der Waals surface area contributed by atoms with Crippen molar-refractivity contribution >= 4 is 52.3 Å². The number of amides is 2. The Morgan fingerprint density at radius 3 is 2.38 bits per heavy atom. The summed E-state index contributed by atoms with van der Waals surface area (Å²) in [4.78, 5) is 26.9. The number of halogens is 3. The molecule has 0 saturated carbocycles. The summed E-state index contributed by atoms with van der Waals surface area (Å²) < 4.78 is 0. The van der Waals surface area contributed by atoms with Gasteiger partial charge in [0.2, 0.25) is 5.91 Å². The largest absolute Gasteiger partial charge is 0.366 e. The lowest BCUT2D eigenvalue weighted by atomic mass is 10.2. The number of nitrogens with zero attached hydrogens (tertiary/aromatic N) is 1. The van der Waals surface area contributed by atoms with Crippen LogP contribution in [0.2, 0.25) is 15.2 Å². The van der Waals surface area contributed by atoms with Crippen molar-refractivity contribution in [2.24, 2.45) is 5.73 Å². The molecule has 0 bridgehead atoms. The quantitative estimate of drug-likeness (QED) is 0.837. The smallest absolute Gasteiger partial charge is 0.257 e. The highest BCUT2D eigenvalue weighted by atomic mass is 35.5. The lowest BCUT2D eigenvalue weighted by Gasteiger charge is -2.08. The molecule has 0 radical (unpaired) electrons. The molecular weight excluding hydrogens is 337 g/mol. The third-order valence-corrected chi connectivity index (χ3v) is 3.38. The highest BCUT2D eigenvalue weighted by molar-refractivity contribution is 6.36. The molecule has 1 aromatic heterocycles. The molecule has 0 spiro atoms. The summed E-state index contributed by atoms with van der Waals surface area (Å²) >= 11 is 17.5. The van der Waals surface area contributed by atoms with Crippen LogP contribution in [-0.4, -0.2) is 16.8 Å². The number of hydrogen-bond donors (Lipinski definition) is 2. The molecule has 0 fully saturated rings. The second kappa shape index (κ2) is 6.30. The van der Waals surface area contributed by atoms with Gasteiger partial charge in [0.05, 0.1) is 21.2 Å². The molecule has 0 unspecified atom stereocenters. The number of benzene rings is 1. The van der Waals surface area contributed by atoms with Crippen LogP contribution in [0.3, 0.4) is 0 Å². The van der Waals surface area contributed by atoms with E-state index in [4.69, 9.17) is 40.5 Å². The lowest BCUT2D eigenvalue weighted by molar-refractivity contribution is 0.0998. The maximum absolute atomic E-state index is 12.1. The van der Waals surface area contributed by atoms with Crippen LogP contribution in [-0.2, 0) is 0 Å². The molecule has 1 heterocycles. The maximum Gasteiger partial charge on any atom is 0.257 e. The first-order valence-electron chi connectivity index (χ1n) is 5.60. The number of rotatable bonds is 3. The first kappa shape index (κ1) is 15.6. The van der Waals surface area contributed by atoms with Crippen molar-refractivity contribution in [3.63, 3.8) is 0 Å². The van der Waals surface area contributed by atoms with E-state index >= 15 is 0 Å². The molecule has 0 atom stereocenters. The normalized spacial score (nSPS) is 10.2. The summed E-state index contributed by atoms with van der Waals surface area (Å²) in [5.74, 6) is -1.13. The highest BCUT2D eigenvalue weighted by Gasteiger charge is 2.13. The van der Waals surface area contributed by atoms with E-state index < -0.39 is 11.8 Å². The second-order valence-corrected chi connectivity index (χ2v) is 5.20. The molecule has 2 aromatic rings. The van der Waals surface area contributed by atoms with E-state index in [0.29, 0.717) is 5.69 Å². The van der Waals surface area contributed by atoms with E-state index in [1.807, 2.05) is 0 Å². The third-order valence-electron chi connectivity index (χ3n) is 2.56. The van der Waals surface area contributed by atoms with E-state index in [1.54, 1.807) is 0 Å². The fourth-order valence-corrected chi connectivity index (χ4v) is 2.20. The Morgan fingerprint density at radius 1 is 1.05 bits per heavy atom. The molecule has 2 rings (SSSR count). The van der Waals surface area contributed by atoms with Gasteiger partial charge < -0.3 is 11.1 Å². The molecule has 0 aliphatic carbocycles. The van der Waals surface area contributed by atoms with Gasteiger partial charge in [-0.05, 0) is 24.3 Å².